The second kappa shape index (κ2) is 8.69. The van der Waals surface area contributed by atoms with Crippen LogP contribution in [0.1, 0.15) is 54.9 Å². The fourth-order valence-electron chi connectivity index (χ4n) is 3.46. The third-order valence-corrected chi connectivity index (χ3v) is 4.95. The molecule has 29 heavy (non-hydrogen) atoms. The molecule has 0 spiro atoms. The number of ether oxygens (including phenoxy) is 1. The molecule has 0 aliphatic rings. The molecule has 0 atom stereocenters. The summed E-state index contributed by atoms with van der Waals surface area (Å²) in [4.78, 5) is 38.0. The summed E-state index contributed by atoms with van der Waals surface area (Å²) in [7, 11) is 0. The molecule has 5 heteroatoms. The molecule has 0 unspecified atom stereocenters. The Morgan fingerprint density at radius 2 is 1.48 bits per heavy atom. The molecular formula is C24H23NO4. The SMILES string of the molecule is CCn1c(C)cc(C(=O)COC(=O)c2ccccc2C(=O)c2ccccc2)c1C. The van der Waals surface area contributed by atoms with E-state index in [4.69, 9.17) is 4.74 Å². The van der Waals surface area contributed by atoms with Gasteiger partial charge in [0, 0.05) is 34.6 Å². The van der Waals surface area contributed by atoms with Crippen LogP contribution < -0.4 is 0 Å². The van der Waals surface area contributed by atoms with Crippen LogP contribution in [0.25, 0.3) is 0 Å². The number of carbonyl (C=O) groups is 3. The molecule has 148 valence electrons. The van der Waals surface area contributed by atoms with E-state index in [9.17, 15) is 14.4 Å². The predicted molar refractivity (Wildman–Crippen MR) is 111 cm³/mol. The molecular weight excluding hydrogens is 366 g/mol. The van der Waals surface area contributed by atoms with E-state index in [2.05, 4.69) is 0 Å². The first kappa shape index (κ1) is 20.3. The molecule has 0 aliphatic heterocycles. The maximum atomic E-state index is 12.8. The smallest absolute Gasteiger partial charge is 0.339 e. The lowest BCUT2D eigenvalue weighted by Crippen LogP contribution is -2.17. The summed E-state index contributed by atoms with van der Waals surface area (Å²) < 4.78 is 7.29. The zero-order valence-electron chi connectivity index (χ0n) is 16.8. The Labute approximate surface area is 169 Å². The minimum Gasteiger partial charge on any atom is -0.454 e. The van der Waals surface area contributed by atoms with Crippen molar-refractivity contribution in [3.63, 3.8) is 0 Å². The number of rotatable bonds is 7. The average Bonchev–Trinajstić information content (AvgIpc) is 3.05. The average molecular weight is 389 g/mol. The standard InChI is InChI=1S/C24H23NO4/c1-4-25-16(2)14-21(17(25)3)22(26)15-29-24(28)20-13-9-8-12-19(20)23(27)18-10-6-5-7-11-18/h5-14H,4,15H2,1-3H3. The van der Waals surface area contributed by atoms with Gasteiger partial charge >= 0.3 is 5.97 Å². The molecule has 0 radical (unpaired) electrons. The third kappa shape index (κ3) is 4.19. The van der Waals surface area contributed by atoms with E-state index in [1.54, 1.807) is 42.5 Å². The summed E-state index contributed by atoms with van der Waals surface area (Å²) in [6.45, 7) is 6.21. The van der Waals surface area contributed by atoms with Crippen molar-refractivity contribution in [1.29, 1.82) is 0 Å². The van der Waals surface area contributed by atoms with Gasteiger partial charge in [-0.1, -0.05) is 48.5 Å². The van der Waals surface area contributed by atoms with Crippen molar-refractivity contribution in [2.24, 2.45) is 0 Å². The van der Waals surface area contributed by atoms with Crippen LogP contribution in [0.15, 0.2) is 60.7 Å². The lowest BCUT2D eigenvalue weighted by Gasteiger charge is -2.09. The molecule has 0 fully saturated rings. The van der Waals surface area contributed by atoms with Gasteiger partial charge in [-0.05, 0) is 32.9 Å². The molecule has 1 heterocycles. The number of aromatic nitrogens is 1. The topological polar surface area (TPSA) is 65.4 Å². The second-order valence-electron chi connectivity index (χ2n) is 6.77. The van der Waals surface area contributed by atoms with E-state index in [1.807, 2.05) is 37.5 Å². The zero-order valence-corrected chi connectivity index (χ0v) is 16.8. The zero-order chi connectivity index (χ0) is 21.0. The minimum absolute atomic E-state index is 0.146. The van der Waals surface area contributed by atoms with Crippen molar-refractivity contribution < 1.29 is 19.1 Å². The monoisotopic (exact) mass is 389 g/mol. The highest BCUT2D eigenvalue weighted by Gasteiger charge is 2.21. The normalized spacial score (nSPS) is 10.6. The van der Waals surface area contributed by atoms with Crippen molar-refractivity contribution in [2.75, 3.05) is 6.61 Å². The van der Waals surface area contributed by atoms with E-state index in [0.717, 1.165) is 17.9 Å². The predicted octanol–water partition coefficient (Wildman–Crippen LogP) is 4.40. The molecule has 0 aliphatic carbocycles. The number of carbonyl (C=O) groups excluding carboxylic acids is 3. The largest absolute Gasteiger partial charge is 0.454 e. The first-order valence-corrected chi connectivity index (χ1v) is 9.49. The van der Waals surface area contributed by atoms with Gasteiger partial charge in [0.2, 0.25) is 5.78 Å². The molecule has 5 nitrogen and oxygen atoms in total. The van der Waals surface area contributed by atoms with E-state index >= 15 is 0 Å². The fraction of sp³-hybridized carbons (Fsp3) is 0.208. The summed E-state index contributed by atoms with van der Waals surface area (Å²) in [6, 6.07) is 17.0. The van der Waals surface area contributed by atoms with Crippen LogP contribution in [0.5, 0.6) is 0 Å². The van der Waals surface area contributed by atoms with Gasteiger partial charge in [-0.3, -0.25) is 9.59 Å². The quantitative estimate of drug-likeness (QED) is 0.444. The first-order chi connectivity index (χ1) is 13.9. The fourth-order valence-corrected chi connectivity index (χ4v) is 3.46. The number of Topliss-reactive ketones (excluding diaryl/α,β-unsaturated/α-hetero) is 1. The molecule has 2 aromatic carbocycles. The Morgan fingerprint density at radius 1 is 0.862 bits per heavy atom. The lowest BCUT2D eigenvalue weighted by molar-refractivity contribution is 0.0472. The highest BCUT2D eigenvalue weighted by Crippen LogP contribution is 2.18. The van der Waals surface area contributed by atoms with Crippen LogP contribution >= 0.6 is 0 Å². The van der Waals surface area contributed by atoms with E-state index in [-0.39, 0.29) is 29.3 Å². The molecule has 0 saturated heterocycles. The number of nitrogens with zero attached hydrogens (tertiary/aromatic N) is 1. The van der Waals surface area contributed by atoms with Gasteiger partial charge in [-0.2, -0.15) is 0 Å². The van der Waals surface area contributed by atoms with Crippen molar-refractivity contribution in [3.05, 3.63) is 94.3 Å². The second-order valence-corrected chi connectivity index (χ2v) is 6.77. The number of hydrogen-bond acceptors (Lipinski definition) is 4. The van der Waals surface area contributed by atoms with Crippen LogP contribution in [0.3, 0.4) is 0 Å². The van der Waals surface area contributed by atoms with Crippen LogP contribution in [-0.4, -0.2) is 28.7 Å². The third-order valence-electron chi connectivity index (χ3n) is 4.95. The highest BCUT2D eigenvalue weighted by atomic mass is 16.5. The first-order valence-electron chi connectivity index (χ1n) is 9.49. The van der Waals surface area contributed by atoms with Gasteiger partial charge in [-0.25, -0.2) is 4.79 Å². The molecule has 0 amide bonds. The van der Waals surface area contributed by atoms with Crippen LogP contribution in [0.4, 0.5) is 0 Å². The number of aryl methyl sites for hydroxylation is 1. The van der Waals surface area contributed by atoms with Crippen molar-refractivity contribution in [2.45, 2.75) is 27.3 Å². The summed E-state index contributed by atoms with van der Waals surface area (Å²) >= 11 is 0. The Morgan fingerprint density at radius 3 is 2.10 bits per heavy atom. The van der Waals surface area contributed by atoms with Gasteiger partial charge < -0.3 is 9.30 Å². The molecule has 0 N–H and O–H groups in total. The van der Waals surface area contributed by atoms with Gasteiger partial charge in [0.15, 0.2) is 12.4 Å². The van der Waals surface area contributed by atoms with Crippen molar-refractivity contribution >= 4 is 17.5 Å². The Balaban J connectivity index is 1.77. The van der Waals surface area contributed by atoms with Gasteiger partial charge in [0.1, 0.15) is 0 Å². The summed E-state index contributed by atoms with van der Waals surface area (Å²) in [6.07, 6.45) is 0. The van der Waals surface area contributed by atoms with Crippen LogP contribution in [0, 0.1) is 13.8 Å². The van der Waals surface area contributed by atoms with Gasteiger partial charge in [-0.15, -0.1) is 0 Å². The summed E-state index contributed by atoms with van der Waals surface area (Å²) in [5.74, 6) is -1.23. The van der Waals surface area contributed by atoms with Crippen LogP contribution in [0.2, 0.25) is 0 Å². The molecule has 1 aromatic heterocycles. The Kier molecular flexibility index (Phi) is 6.07. The Hall–Kier alpha value is -3.47. The van der Waals surface area contributed by atoms with E-state index in [0.29, 0.717) is 11.1 Å². The summed E-state index contributed by atoms with van der Waals surface area (Å²) in [5.41, 5.74) is 3.26. The maximum Gasteiger partial charge on any atom is 0.339 e. The highest BCUT2D eigenvalue weighted by molar-refractivity contribution is 6.14. The maximum absolute atomic E-state index is 12.8. The molecule has 0 bridgehead atoms. The lowest BCUT2D eigenvalue weighted by atomic mass is 9.98. The summed E-state index contributed by atoms with van der Waals surface area (Å²) in [5, 5.41) is 0. The Bertz CT molecular complexity index is 1060. The van der Waals surface area contributed by atoms with Gasteiger partial charge in [0.25, 0.3) is 0 Å². The van der Waals surface area contributed by atoms with Crippen molar-refractivity contribution in [1.82, 2.24) is 4.57 Å². The number of ketones is 2. The number of esters is 1. The van der Waals surface area contributed by atoms with Crippen molar-refractivity contribution in [3.8, 4) is 0 Å². The molecule has 3 rings (SSSR count). The van der Waals surface area contributed by atoms with Gasteiger partial charge in [0.05, 0.1) is 5.56 Å². The minimum atomic E-state index is -0.692. The molecule has 0 saturated carbocycles. The van der Waals surface area contributed by atoms with E-state index < -0.39 is 5.97 Å². The number of benzene rings is 2. The van der Waals surface area contributed by atoms with E-state index in [1.165, 1.54) is 6.07 Å². The number of hydrogen-bond donors (Lipinski definition) is 0. The van der Waals surface area contributed by atoms with Crippen LogP contribution in [-0.2, 0) is 11.3 Å². The molecule has 3 aromatic rings.